The number of fused-ring (bicyclic) bond motifs is 1. The van der Waals surface area contributed by atoms with Crippen molar-refractivity contribution in [2.75, 3.05) is 5.32 Å². The Kier molecular flexibility index (Phi) is 4.63. The van der Waals surface area contributed by atoms with Crippen LogP contribution in [0.15, 0.2) is 66.8 Å². The maximum absolute atomic E-state index is 12.2. The monoisotopic (exact) mass is 333 g/mol. The third kappa shape index (κ3) is 3.59. The van der Waals surface area contributed by atoms with E-state index in [1.165, 1.54) is 6.08 Å². The van der Waals surface area contributed by atoms with E-state index < -0.39 is 11.5 Å². The second kappa shape index (κ2) is 6.87. The Bertz CT molecular complexity index is 868. The summed E-state index contributed by atoms with van der Waals surface area (Å²) in [5.41, 5.74) is 1.14. The van der Waals surface area contributed by atoms with Crippen LogP contribution in [0.3, 0.4) is 0 Å². The summed E-state index contributed by atoms with van der Waals surface area (Å²) in [6.45, 7) is 1.87. The van der Waals surface area contributed by atoms with E-state index in [1.807, 2.05) is 49.4 Å². The van der Waals surface area contributed by atoms with Gasteiger partial charge in [-0.25, -0.2) is 0 Å². The molecular formula is C21H19NO3. The van der Waals surface area contributed by atoms with Gasteiger partial charge in [-0.3, -0.25) is 9.59 Å². The predicted molar refractivity (Wildman–Crippen MR) is 97.9 cm³/mol. The molecule has 1 amide bonds. The molecule has 0 saturated heterocycles. The average molecular weight is 333 g/mol. The largest absolute Gasteiger partial charge is 0.375 e. The number of allylic oxidation sites excluding steroid dienone is 3. The van der Waals surface area contributed by atoms with Gasteiger partial charge in [0.15, 0.2) is 11.4 Å². The first-order valence-electron chi connectivity index (χ1n) is 8.07. The van der Waals surface area contributed by atoms with Gasteiger partial charge in [-0.1, -0.05) is 66.3 Å². The first kappa shape index (κ1) is 16.9. The van der Waals surface area contributed by atoms with Crippen molar-refractivity contribution in [3.05, 3.63) is 83.4 Å². The lowest BCUT2D eigenvalue weighted by atomic mass is 9.89. The molecule has 4 nitrogen and oxygen atoms in total. The van der Waals surface area contributed by atoms with E-state index in [-0.39, 0.29) is 12.2 Å². The van der Waals surface area contributed by atoms with Gasteiger partial charge < -0.3 is 10.4 Å². The number of hydrogen-bond donors (Lipinski definition) is 2. The van der Waals surface area contributed by atoms with Crippen LogP contribution in [0.4, 0.5) is 5.69 Å². The van der Waals surface area contributed by atoms with Gasteiger partial charge >= 0.3 is 0 Å². The van der Waals surface area contributed by atoms with E-state index in [9.17, 15) is 14.7 Å². The smallest absolute Gasteiger partial charge is 0.261 e. The topological polar surface area (TPSA) is 66.4 Å². The Morgan fingerprint density at radius 1 is 1.16 bits per heavy atom. The molecule has 1 aliphatic heterocycles. The molecule has 1 heterocycles. The number of anilines is 1. The standard InChI is InChI=1S/C21H19NO3/c1-15-11-12-19-18(13-15)21(25,20(24)22-19)14-17(23)10-6-5-9-16-7-3-2-4-8-16/h2-13,25H,14H2,1H3,(H,22,24)/b9-5+,10-6+/t21-/m1/s1. The zero-order valence-electron chi connectivity index (χ0n) is 13.9. The molecule has 25 heavy (non-hydrogen) atoms. The highest BCUT2D eigenvalue weighted by atomic mass is 16.3. The molecule has 2 aromatic carbocycles. The Balaban J connectivity index is 1.71. The molecule has 1 aliphatic rings. The maximum atomic E-state index is 12.2. The highest BCUT2D eigenvalue weighted by Gasteiger charge is 2.46. The van der Waals surface area contributed by atoms with Gasteiger partial charge in [0.05, 0.1) is 6.42 Å². The fourth-order valence-corrected chi connectivity index (χ4v) is 2.84. The van der Waals surface area contributed by atoms with Crippen LogP contribution in [0.25, 0.3) is 6.08 Å². The van der Waals surface area contributed by atoms with Crippen LogP contribution in [-0.2, 0) is 15.2 Å². The minimum atomic E-state index is -1.81. The van der Waals surface area contributed by atoms with Crippen LogP contribution >= 0.6 is 0 Å². The lowest BCUT2D eigenvalue weighted by Gasteiger charge is -2.19. The number of nitrogens with one attached hydrogen (secondary N) is 1. The van der Waals surface area contributed by atoms with Gasteiger partial charge in [0.25, 0.3) is 5.91 Å². The van der Waals surface area contributed by atoms with Gasteiger partial charge in [-0.2, -0.15) is 0 Å². The van der Waals surface area contributed by atoms with Crippen molar-refractivity contribution in [3.8, 4) is 0 Å². The van der Waals surface area contributed by atoms with E-state index >= 15 is 0 Å². The number of ketones is 1. The second-order valence-electron chi connectivity index (χ2n) is 6.14. The summed E-state index contributed by atoms with van der Waals surface area (Å²) in [5, 5.41) is 13.4. The molecule has 0 saturated carbocycles. The number of hydrogen-bond acceptors (Lipinski definition) is 3. The van der Waals surface area contributed by atoms with E-state index in [0.717, 1.165) is 11.1 Å². The fourth-order valence-electron chi connectivity index (χ4n) is 2.84. The minimum absolute atomic E-state index is 0.287. The van der Waals surface area contributed by atoms with Gasteiger partial charge in [-0.05, 0) is 24.6 Å². The van der Waals surface area contributed by atoms with Gasteiger partial charge in [0.2, 0.25) is 0 Å². The molecule has 0 spiro atoms. The molecule has 2 N–H and O–H groups in total. The SMILES string of the molecule is Cc1ccc2c(c1)[C@](O)(CC(=O)/C=C/C=C/c1ccccc1)C(=O)N2. The van der Waals surface area contributed by atoms with Gasteiger partial charge in [0, 0.05) is 11.3 Å². The number of carbonyl (C=O) groups excluding carboxylic acids is 2. The van der Waals surface area contributed by atoms with Crippen molar-refractivity contribution < 1.29 is 14.7 Å². The van der Waals surface area contributed by atoms with E-state index in [2.05, 4.69) is 5.32 Å². The molecule has 0 bridgehead atoms. The summed E-state index contributed by atoms with van der Waals surface area (Å²) in [7, 11) is 0. The summed E-state index contributed by atoms with van der Waals surface area (Å²) < 4.78 is 0. The summed E-state index contributed by atoms with van der Waals surface area (Å²) in [4.78, 5) is 24.4. The number of rotatable bonds is 5. The van der Waals surface area contributed by atoms with Crippen LogP contribution in [0.1, 0.15) is 23.1 Å². The van der Waals surface area contributed by atoms with Crippen LogP contribution in [0, 0.1) is 6.92 Å². The molecule has 0 fully saturated rings. The second-order valence-corrected chi connectivity index (χ2v) is 6.14. The molecule has 126 valence electrons. The van der Waals surface area contributed by atoms with Crippen molar-refractivity contribution in [1.29, 1.82) is 0 Å². The van der Waals surface area contributed by atoms with E-state index in [0.29, 0.717) is 11.3 Å². The van der Waals surface area contributed by atoms with Gasteiger partial charge in [-0.15, -0.1) is 0 Å². The number of carbonyl (C=O) groups is 2. The molecule has 0 aromatic heterocycles. The summed E-state index contributed by atoms with van der Waals surface area (Å²) >= 11 is 0. The zero-order valence-corrected chi connectivity index (χ0v) is 13.9. The summed E-state index contributed by atoms with van der Waals surface area (Å²) in [6.07, 6.45) is 6.33. The normalized spacial score (nSPS) is 19.4. The van der Waals surface area contributed by atoms with Crippen molar-refractivity contribution in [2.45, 2.75) is 18.9 Å². The van der Waals surface area contributed by atoms with E-state index in [4.69, 9.17) is 0 Å². The molecular weight excluding hydrogens is 314 g/mol. The Labute approximate surface area is 146 Å². The molecule has 0 radical (unpaired) electrons. The zero-order chi connectivity index (χ0) is 17.9. The van der Waals surface area contributed by atoms with Crippen molar-refractivity contribution >= 4 is 23.5 Å². The van der Waals surface area contributed by atoms with Crippen LogP contribution in [-0.4, -0.2) is 16.8 Å². The molecule has 0 unspecified atom stereocenters. The van der Waals surface area contributed by atoms with E-state index in [1.54, 1.807) is 24.3 Å². The maximum Gasteiger partial charge on any atom is 0.261 e. The molecule has 3 rings (SSSR count). The first-order chi connectivity index (χ1) is 12.0. The lowest BCUT2D eigenvalue weighted by molar-refractivity contribution is -0.138. The quantitative estimate of drug-likeness (QED) is 0.651. The number of amides is 1. The molecule has 2 aromatic rings. The Morgan fingerprint density at radius 3 is 2.68 bits per heavy atom. The van der Waals surface area contributed by atoms with Crippen LogP contribution in [0.5, 0.6) is 0 Å². The summed E-state index contributed by atoms with van der Waals surface area (Å²) in [6, 6.07) is 15.0. The number of aliphatic hydroxyl groups is 1. The molecule has 1 atom stereocenters. The Hall–Kier alpha value is -2.98. The Morgan fingerprint density at radius 2 is 1.92 bits per heavy atom. The highest BCUT2D eigenvalue weighted by Crippen LogP contribution is 2.39. The van der Waals surface area contributed by atoms with Crippen LogP contribution < -0.4 is 5.32 Å². The highest BCUT2D eigenvalue weighted by molar-refractivity contribution is 6.08. The molecule has 4 heteroatoms. The van der Waals surface area contributed by atoms with Crippen molar-refractivity contribution in [1.82, 2.24) is 0 Å². The van der Waals surface area contributed by atoms with Crippen LogP contribution in [0.2, 0.25) is 0 Å². The summed E-state index contributed by atoms with van der Waals surface area (Å²) in [5.74, 6) is -0.876. The minimum Gasteiger partial charge on any atom is -0.375 e. The predicted octanol–water partition coefficient (Wildman–Crippen LogP) is 3.36. The first-order valence-corrected chi connectivity index (χ1v) is 8.07. The average Bonchev–Trinajstić information content (AvgIpc) is 2.83. The van der Waals surface area contributed by atoms with Crippen molar-refractivity contribution in [2.24, 2.45) is 0 Å². The number of aryl methyl sites for hydroxylation is 1. The lowest BCUT2D eigenvalue weighted by Crippen LogP contribution is -2.36. The molecule has 0 aliphatic carbocycles. The third-order valence-electron chi connectivity index (χ3n) is 4.16. The fraction of sp³-hybridized carbons (Fsp3) is 0.143. The van der Waals surface area contributed by atoms with Gasteiger partial charge in [0.1, 0.15) is 0 Å². The third-order valence-corrected chi connectivity index (χ3v) is 4.16. The van der Waals surface area contributed by atoms with Crippen molar-refractivity contribution in [3.63, 3.8) is 0 Å². The number of benzene rings is 2.